The zero-order valence-corrected chi connectivity index (χ0v) is 18.5. The Bertz CT molecular complexity index is 1190. The van der Waals surface area contributed by atoms with E-state index in [0.29, 0.717) is 18.2 Å². The summed E-state index contributed by atoms with van der Waals surface area (Å²) in [6.07, 6.45) is 0.328. The van der Waals surface area contributed by atoms with E-state index in [4.69, 9.17) is 4.42 Å². The van der Waals surface area contributed by atoms with Crippen molar-refractivity contribution >= 4 is 32.6 Å². The first-order valence-corrected chi connectivity index (χ1v) is 10.6. The van der Waals surface area contributed by atoms with E-state index in [0.717, 1.165) is 21.0 Å². The average Bonchev–Trinajstić information content (AvgIpc) is 3.20. The van der Waals surface area contributed by atoms with Crippen LogP contribution in [0.25, 0.3) is 22.2 Å². The third-order valence-corrected chi connectivity index (χ3v) is 5.68. The van der Waals surface area contributed by atoms with Gasteiger partial charge in [0.1, 0.15) is 0 Å². The second kappa shape index (κ2) is 8.79. The van der Waals surface area contributed by atoms with Crippen LogP contribution in [-0.2, 0) is 17.8 Å². The lowest BCUT2D eigenvalue weighted by Gasteiger charge is -2.25. The molecule has 0 atom stereocenters. The summed E-state index contributed by atoms with van der Waals surface area (Å²) < 4.78 is 6.73. The van der Waals surface area contributed by atoms with Crippen LogP contribution in [0.1, 0.15) is 25.3 Å². The minimum atomic E-state index is 0.0109. The molecule has 0 saturated carbocycles. The zero-order valence-electron chi connectivity index (χ0n) is 16.9. The maximum atomic E-state index is 13.1. The topological polar surface area (TPSA) is 59.2 Å². The highest BCUT2D eigenvalue weighted by Crippen LogP contribution is 2.27. The molecule has 0 aliphatic heterocycles. The first-order valence-electron chi connectivity index (χ1n) is 9.85. The van der Waals surface area contributed by atoms with Gasteiger partial charge in [0, 0.05) is 10.5 Å². The highest BCUT2D eigenvalue weighted by molar-refractivity contribution is 9.10. The second-order valence-electron chi connectivity index (χ2n) is 7.45. The molecule has 4 rings (SSSR count). The molecule has 3 aromatic carbocycles. The molecule has 152 valence electrons. The summed E-state index contributed by atoms with van der Waals surface area (Å²) in [5, 5.41) is 10.6. The van der Waals surface area contributed by atoms with Crippen LogP contribution in [-0.4, -0.2) is 27.0 Å². The van der Waals surface area contributed by atoms with E-state index >= 15 is 0 Å². The third-order valence-electron chi connectivity index (χ3n) is 4.99. The summed E-state index contributed by atoms with van der Waals surface area (Å²) in [6.45, 7) is 4.26. The van der Waals surface area contributed by atoms with Gasteiger partial charge in [-0.05, 0) is 58.2 Å². The van der Waals surface area contributed by atoms with Crippen molar-refractivity contribution in [2.45, 2.75) is 32.9 Å². The van der Waals surface area contributed by atoms with E-state index in [2.05, 4.69) is 50.4 Å². The van der Waals surface area contributed by atoms with Crippen LogP contribution in [0.15, 0.2) is 75.6 Å². The number of amides is 1. The normalized spacial score (nSPS) is 11.2. The van der Waals surface area contributed by atoms with Gasteiger partial charge < -0.3 is 9.32 Å². The van der Waals surface area contributed by atoms with Crippen LogP contribution < -0.4 is 0 Å². The van der Waals surface area contributed by atoms with Crippen LogP contribution in [0, 0.1) is 0 Å². The van der Waals surface area contributed by atoms with E-state index in [1.54, 1.807) is 4.90 Å². The summed E-state index contributed by atoms with van der Waals surface area (Å²) in [4.78, 5) is 14.8. The van der Waals surface area contributed by atoms with Crippen molar-refractivity contribution in [3.8, 4) is 11.5 Å². The molecule has 30 heavy (non-hydrogen) atoms. The van der Waals surface area contributed by atoms with Crippen molar-refractivity contribution in [2.24, 2.45) is 0 Å². The van der Waals surface area contributed by atoms with Crippen molar-refractivity contribution < 1.29 is 9.21 Å². The van der Waals surface area contributed by atoms with Crippen LogP contribution in [0.3, 0.4) is 0 Å². The summed E-state index contributed by atoms with van der Waals surface area (Å²) in [5.74, 6) is 0.880. The molecule has 6 heteroatoms. The summed E-state index contributed by atoms with van der Waals surface area (Å²) in [7, 11) is 0. The maximum absolute atomic E-state index is 13.1. The molecule has 0 aliphatic carbocycles. The Morgan fingerprint density at radius 1 is 1.00 bits per heavy atom. The number of benzene rings is 3. The molecular formula is C24H22BrN3O2. The molecule has 0 spiro atoms. The lowest BCUT2D eigenvalue weighted by molar-refractivity contribution is -0.133. The molecular weight excluding hydrogens is 442 g/mol. The Morgan fingerprint density at radius 2 is 1.73 bits per heavy atom. The van der Waals surface area contributed by atoms with Crippen LogP contribution >= 0.6 is 15.9 Å². The van der Waals surface area contributed by atoms with E-state index < -0.39 is 0 Å². The molecule has 1 heterocycles. The van der Waals surface area contributed by atoms with E-state index in [1.807, 2.05) is 56.3 Å². The van der Waals surface area contributed by atoms with Gasteiger partial charge >= 0.3 is 0 Å². The molecule has 0 radical (unpaired) electrons. The number of aromatic nitrogens is 2. The highest BCUT2D eigenvalue weighted by atomic mass is 79.9. The molecule has 1 amide bonds. The molecule has 0 aliphatic rings. The molecule has 1 aromatic heterocycles. The Hall–Kier alpha value is -2.99. The summed E-state index contributed by atoms with van der Waals surface area (Å²) in [6, 6.07) is 22.0. The smallest absolute Gasteiger partial charge is 0.248 e. The third kappa shape index (κ3) is 4.44. The Balaban J connectivity index is 1.51. The minimum absolute atomic E-state index is 0.0109. The van der Waals surface area contributed by atoms with Gasteiger partial charge in [-0.15, -0.1) is 10.2 Å². The zero-order chi connectivity index (χ0) is 21.1. The number of rotatable bonds is 6. The van der Waals surface area contributed by atoms with Gasteiger partial charge in [0.25, 0.3) is 0 Å². The maximum Gasteiger partial charge on any atom is 0.248 e. The molecule has 4 aromatic rings. The van der Waals surface area contributed by atoms with Crippen LogP contribution in [0.4, 0.5) is 0 Å². The Kier molecular flexibility index (Phi) is 5.95. The van der Waals surface area contributed by atoms with Crippen molar-refractivity contribution in [1.29, 1.82) is 0 Å². The number of carbonyl (C=O) groups excluding carboxylic acids is 1. The van der Waals surface area contributed by atoms with Crippen molar-refractivity contribution in [3.05, 3.63) is 82.7 Å². The summed E-state index contributed by atoms with van der Waals surface area (Å²) >= 11 is 3.50. The second-order valence-corrected chi connectivity index (χ2v) is 8.31. The SMILES string of the molecule is CC(C)N(Cc1nnc(-c2ccccc2Br)o1)C(=O)Cc1ccc2ccccc2c1. The van der Waals surface area contributed by atoms with E-state index in [-0.39, 0.29) is 18.5 Å². The molecule has 0 unspecified atom stereocenters. The van der Waals surface area contributed by atoms with Crippen LogP contribution in [0.5, 0.6) is 0 Å². The van der Waals surface area contributed by atoms with Crippen LogP contribution in [0.2, 0.25) is 0 Å². The number of halogens is 1. The van der Waals surface area contributed by atoms with Gasteiger partial charge in [0.05, 0.1) is 18.5 Å². The molecule has 0 saturated heterocycles. The van der Waals surface area contributed by atoms with Gasteiger partial charge in [-0.25, -0.2) is 0 Å². The van der Waals surface area contributed by atoms with Gasteiger partial charge in [-0.2, -0.15) is 0 Å². The van der Waals surface area contributed by atoms with E-state index in [1.165, 1.54) is 5.39 Å². The number of hydrogen-bond acceptors (Lipinski definition) is 4. The molecule has 5 nitrogen and oxygen atoms in total. The largest absolute Gasteiger partial charge is 0.419 e. The Morgan fingerprint density at radius 3 is 2.50 bits per heavy atom. The minimum Gasteiger partial charge on any atom is -0.419 e. The predicted molar refractivity (Wildman–Crippen MR) is 121 cm³/mol. The average molecular weight is 464 g/mol. The van der Waals surface area contributed by atoms with Gasteiger partial charge in [-0.3, -0.25) is 4.79 Å². The number of nitrogens with zero attached hydrogens (tertiary/aromatic N) is 3. The lowest BCUT2D eigenvalue weighted by atomic mass is 10.0. The van der Waals surface area contributed by atoms with Gasteiger partial charge in [-0.1, -0.05) is 54.6 Å². The lowest BCUT2D eigenvalue weighted by Crippen LogP contribution is -2.37. The number of carbonyl (C=O) groups is 1. The first-order chi connectivity index (χ1) is 14.5. The number of hydrogen-bond donors (Lipinski definition) is 0. The standard InChI is InChI=1S/C24H22BrN3O2/c1-16(2)28(15-22-26-27-24(30-22)20-9-5-6-10-21(20)25)23(29)14-17-11-12-18-7-3-4-8-19(18)13-17/h3-13,16H,14-15H2,1-2H3. The van der Waals surface area contributed by atoms with Crippen molar-refractivity contribution in [2.75, 3.05) is 0 Å². The fraction of sp³-hybridized carbons (Fsp3) is 0.208. The molecule has 0 bridgehead atoms. The molecule has 0 N–H and O–H groups in total. The highest BCUT2D eigenvalue weighted by Gasteiger charge is 2.21. The van der Waals surface area contributed by atoms with Crippen molar-refractivity contribution in [3.63, 3.8) is 0 Å². The van der Waals surface area contributed by atoms with Gasteiger partial charge in [0.2, 0.25) is 17.7 Å². The summed E-state index contributed by atoms with van der Waals surface area (Å²) in [5.41, 5.74) is 1.82. The molecule has 0 fully saturated rings. The van der Waals surface area contributed by atoms with Gasteiger partial charge in [0.15, 0.2) is 0 Å². The quantitative estimate of drug-likeness (QED) is 0.371. The first kappa shape index (κ1) is 20.3. The monoisotopic (exact) mass is 463 g/mol. The fourth-order valence-corrected chi connectivity index (χ4v) is 3.84. The number of fused-ring (bicyclic) bond motifs is 1. The predicted octanol–water partition coefficient (Wildman–Crippen LogP) is 5.63. The fourth-order valence-electron chi connectivity index (χ4n) is 3.39. The van der Waals surface area contributed by atoms with E-state index in [9.17, 15) is 4.79 Å². The Labute approximate surface area is 183 Å². The van der Waals surface area contributed by atoms with Crippen molar-refractivity contribution in [1.82, 2.24) is 15.1 Å².